The number of methoxy groups -OCH3 is 1. The van der Waals surface area contributed by atoms with Gasteiger partial charge in [-0.1, -0.05) is 13.3 Å². The minimum absolute atomic E-state index is 0.113. The molecule has 0 aromatic heterocycles. The molecule has 1 heterocycles. The topological polar surface area (TPSA) is 39.5 Å². The van der Waals surface area contributed by atoms with Crippen LogP contribution in [0.1, 0.15) is 26.7 Å². The summed E-state index contributed by atoms with van der Waals surface area (Å²) in [6.45, 7) is 9.35. The first kappa shape index (κ1) is 14.4. The molecule has 1 aliphatic rings. The molecule has 0 aromatic rings. The van der Waals surface area contributed by atoms with Gasteiger partial charge in [0.25, 0.3) is 0 Å². The summed E-state index contributed by atoms with van der Waals surface area (Å²) in [6.07, 6.45) is 2.37. The molecule has 0 N–H and O–H groups in total. The Bertz CT molecular complexity index is 244. The van der Waals surface area contributed by atoms with E-state index in [4.69, 9.17) is 10.00 Å². The van der Waals surface area contributed by atoms with Crippen LogP contribution in [0.4, 0.5) is 0 Å². The van der Waals surface area contributed by atoms with Gasteiger partial charge in [0.2, 0.25) is 0 Å². The molecule has 0 saturated carbocycles. The zero-order chi connectivity index (χ0) is 12.7. The molecule has 0 amide bonds. The van der Waals surface area contributed by atoms with Crippen LogP contribution in [0.5, 0.6) is 0 Å². The Hall–Kier alpha value is -0.630. The first-order valence-corrected chi connectivity index (χ1v) is 6.60. The van der Waals surface area contributed by atoms with Gasteiger partial charge in [-0.25, -0.2) is 0 Å². The van der Waals surface area contributed by atoms with Gasteiger partial charge in [-0.05, 0) is 13.3 Å². The zero-order valence-electron chi connectivity index (χ0n) is 11.4. The van der Waals surface area contributed by atoms with Crippen molar-refractivity contribution in [2.45, 2.75) is 38.8 Å². The second-order valence-corrected chi connectivity index (χ2v) is 4.82. The molecule has 0 spiro atoms. The molecule has 0 bridgehead atoms. The van der Waals surface area contributed by atoms with Gasteiger partial charge in [0.15, 0.2) is 0 Å². The van der Waals surface area contributed by atoms with Gasteiger partial charge >= 0.3 is 0 Å². The smallest absolute Gasteiger partial charge is 0.0978 e. The Morgan fingerprint density at radius 2 is 1.94 bits per heavy atom. The van der Waals surface area contributed by atoms with Crippen LogP contribution in [0, 0.1) is 11.3 Å². The van der Waals surface area contributed by atoms with Crippen LogP contribution in [-0.4, -0.2) is 61.8 Å². The van der Waals surface area contributed by atoms with Crippen molar-refractivity contribution < 1.29 is 4.74 Å². The van der Waals surface area contributed by atoms with Crippen molar-refractivity contribution in [3.63, 3.8) is 0 Å². The lowest BCUT2D eigenvalue weighted by Gasteiger charge is -2.37. The predicted octanol–water partition coefficient (Wildman–Crippen LogP) is 1.33. The summed E-state index contributed by atoms with van der Waals surface area (Å²) in [7, 11) is 1.76. The molecular formula is C13H25N3O. The summed E-state index contributed by atoms with van der Waals surface area (Å²) in [5, 5.41) is 9.13. The van der Waals surface area contributed by atoms with Crippen LogP contribution in [0.2, 0.25) is 0 Å². The maximum absolute atomic E-state index is 9.13. The van der Waals surface area contributed by atoms with Gasteiger partial charge in [-0.15, -0.1) is 0 Å². The lowest BCUT2D eigenvalue weighted by atomic mass is 10.1. The number of ether oxygens (including phenoxy) is 1. The summed E-state index contributed by atoms with van der Waals surface area (Å²) < 4.78 is 5.28. The van der Waals surface area contributed by atoms with Crippen molar-refractivity contribution in [2.24, 2.45) is 0 Å². The Labute approximate surface area is 105 Å². The third-order valence-electron chi connectivity index (χ3n) is 3.48. The fourth-order valence-corrected chi connectivity index (χ4v) is 2.30. The highest BCUT2D eigenvalue weighted by atomic mass is 16.5. The third kappa shape index (κ3) is 4.63. The van der Waals surface area contributed by atoms with Crippen molar-refractivity contribution >= 4 is 0 Å². The molecule has 0 aliphatic carbocycles. The average Bonchev–Trinajstić information content (AvgIpc) is 2.37. The summed E-state index contributed by atoms with van der Waals surface area (Å²) in [6, 6.07) is 2.54. The van der Waals surface area contributed by atoms with E-state index >= 15 is 0 Å². The molecule has 4 nitrogen and oxygen atoms in total. The summed E-state index contributed by atoms with van der Waals surface area (Å²) in [5.41, 5.74) is 0. The van der Waals surface area contributed by atoms with Crippen LogP contribution >= 0.6 is 0 Å². The minimum atomic E-state index is 0.113. The van der Waals surface area contributed by atoms with Gasteiger partial charge in [0.05, 0.1) is 18.2 Å². The molecule has 0 radical (unpaired) electrons. The molecule has 1 saturated heterocycles. The first-order chi connectivity index (χ1) is 8.21. The third-order valence-corrected chi connectivity index (χ3v) is 3.48. The molecule has 2 atom stereocenters. The Balaban J connectivity index is 2.32. The van der Waals surface area contributed by atoms with Crippen LogP contribution in [-0.2, 0) is 4.74 Å². The van der Waals surface area contributed by atoms with E-state index in [9.17, 15) is 0 Å². The van der Waals surface area contributed by atoms with Gasteiger partial charge in [0.1, 0.15) is 0 Å². The first-order valence-electron chi connectivity index (χ1n) is 6.60. The van der Waals surface area contributed by atoms with Crippen molar-refractivity contribution in [1.29, 1.82) is 5.26 Å². The number of hydrogen-bond donors (Lipinski definition) is 0. The van der Waals surface area contributed by atoms with E-state index in [0.717, 1.165) is 45.6 Å². The summed E-state index contributed by atoms with van der Waals surface area (Å²) in [5.74, 6) is 0. The van der Waals surface area contributed by atoms with E-state index in [1.54, 1.807) is 7.11 Å². The van der Waals surface area contributed by atoms with E-state index in [0.29, 0.717) is 6.10 Å². The highest BCUT2D eigenvalue weighted by Gasteiger charge is 2.23. The van der Waals surface area contributed by atoms with Gasteiger partial charge in [0, 0.05) is 39.8 Å². The quantitative estimate of drug-likeness (QED) is 0.701. The zero-order valence-corrected chi connectivity index (χ0v) is 11.4. The number of hydrogen-bond acceptors (Lipinski definition) is 4. The molecule has 2 unspecified atom stereocenters. The highest BCUT2D eigenvalue weighted by molar-refractivity contribution is 4.93. The van der Waals surface area contributed by atoms with E-state index in [1.807, 2.05) is 0 Å². The van der Waals surface area contributed by atoms with E-state index in [-0.39, 0.29) is 6.04 Å². The maximum Gasteiger partial charge on any atom is 0.0978 e. The number of piperazine rings is 1. The Morgan fingerprint density at radius 1 is 1.29 bits per heavy atom. The molecule has 17 heavy (non-hydrogen) atoms. The molecule has 0 aromatic carbocycles. The highest BCUT2D eigenvalue weighted by Crippen LogP contribution is 2.11. The summed E-state index contributed by atoms with van der Waals surface area (Å²) in [4.78, 5) is 4.74. The van der Waals surface area contributed by atoms with Crippen LogP contribution < -0.4 is 0 Å². The van der Waals surface area contributed by atoms with Gasteiger partial charge in [-0.2, -0.15) is 5.26 Å². The van der Waals surface area contributed by atoms with Crippen LogP contribution in [0.3, 0.4) is 0 Å². The monoisotopic (exact) mass is 239 g/mol. The molecule has 1 rings (SSSR count). The maximum atomic E-state index is 9.13. The average molecular weight is 239 g/mol. The van der Waals surface area contributed by atoms with Crippen LogP contribution in [0.25, 0.3) is 0 Å². The number of rotatable bonds is 6. The molecule has 1 aliphatic heterocycles. The van der Waals surface area contributed by atoms with Crippen molar-refractivity contribution in [3.05, 3.63) is 0 Å². The fourth-order valence-electron chi connectivity index (χ4n) is 2.30. The lowest BCUT2D eigenvalue weighted by molar-refractivity contribution is 0.0466. The molecular weight excluding hydrogens is 214 g/mol. The predicted molar refractivity (Wildman–Crippen MR) is 68.8 cm³/mol. The second-order valence-electron chi connectivity index (χ2n) is 4.82. The van der Waals surface area contributed by atoms with Crippen molar-refractivity contribution in [1.82, 2.24) is 9.80 Å². The molecule has 4 heteroatoms. The standard InChI is InChI=1S/C13H25N3O/c1-4-5-13(10-14)16-8-6-15(7-9-16)11-12(2)17-3/h12-13H,4-9,11H2,1-3H3. The number of nitrogens with zero attached hydrogens (tertiary/aromatic N) is 3. The van der Waals surface area contributed by atoms with Gasteiger partial charge in [-0.3, -0.25) is 9.80 Å². The van der Waals surface area contributed by atoms with Crippen molar-refractivity contribution in [2.75, 3.05) is 39.8 Å². The largest absolute Gasteiger partial charge is 0.380 e. The SMILES string of the molecule is CCCC(C#N)N1CCN(CC(C)OC)CC1. The Kier molecular flexibility index (Phi) is 6.49. The minimum Gasteiger partial charge on any atom is -0.380 e. The van der Waals surface area contributed by atoms with Crippen LogP contribution in [0.15, 0.2) is 0 Å². The number of nitriles is 1. The molecule has 1 fully saturated rings. The van der Waals surface area contributed by atoms with E-state index in [1.165, 1.54) is 0 Å². The van der Waals surface area contributed by atoms with E-state index < -0.39 is 0 Å². The fraction of sp³-hybridized carbons (Fsp3) is 0.923. The van der Waals surface area contributed by atoms with Crippen molar-refractivity contribution in [3.8, 4) is 6.07 Å². The normalized spacial score (nSPS) is 22.0. The lowest BCUT2D eigenvalue weighted by Crippen LogP contribution is -2.51. The van der Waals surface area contributed by atoms with Gasteiger partial charge < -0.3 is 4.74 Å². The van der Waals surface area contributed by atoms with E-state index in [2.05, 4.69) is 29.7 Å². The Morgan fingerprint density at radius 3 is 2.41 bits per heavy atom. The molecule has 98 valence electrons. The second kappa shape index (κ2) is 7.65. The summed E-state index contributed by atoms with van der Waals surface area (Å²) >= 11 is 0.